The van der Waals surface area contributed by atoms with E-state index in [0.717, 1.165) is 0 Å². The van der Waals surface area contributed by atoms with Gasteiger partial charge in [0.05, 0.1) is 11.9 Å². The molecule has 0 spiro atoms. The molecule has 1 N–H and O–H groups in total. The number of aliphatic hydroxyl groups excluding tert-OH is 1. The van der Waals surface area contributed by atoms with Crippen LogP contribution in [-0.4, -0.2) is 57.0 Å². The summed E-state index contributed by atoms with van der Waals surface area (Å²) in [5, 5.41) is 9.04. The van der Waals surface area contributed by atoms with Gasteiger partial charge in [0.15, 0.2) is 0 Å². The van der Waals surface area contributed by atoms with Gasteiger partial charge in [-0.05, 0) is 19.8 Å². The zero-order valence-corrected chi connectivity index (χ0v) is 10.5. The summed E-state index contributed by atoms with van der Waals surface area (Å²) >= 11 is 0. The van der Waals surface area contributed by atoms with E-state index in [2.05, 4.69) is 0 Å². The second-order valence-electron chi connectivity index (χ2n) is 3.62. The van der Waals surface area contributed by atoms with Crippen LogP contribution in [-0.2, 0) is 14.8 Å². The lowest BCUT2D eigenvalue weighted by Crippen LogP contribution is -2.31. The van der Waals surface area contributed by atoms with Crippen LogP contribution in [0.4, 0.5) is 0 Å². The van der Waals surface area contributed by atoms with E-state index in [9.17, 15) is 8.42 Å². The molecule has 0 aliphatic heterocycles. The monoisotopic (exact) mass is 239 g/mol. The van der Waals surface area contributed by atoms with Crippen molar-refractivity contribution >= 4 is 10.0 Å². The van der Waals surface area contributed by atoms with Crippen molar-refractivity contribution in [3.63, 3.8) is 0 Å². The largest absolute Gasteiger partial charge is 0.393 e. The summed E-state index contributed by atoms with van der Waals surface area (Å²) in [6.07, 6.45) is 0.485. The van der Waals surface area contributed by atoms with E-state index in [1.165, 1.54) is 11.4 Å². The maximum Gasteiger partial charge on any atom is 0.213 e. The van der Waals surface area contributed by atoms with Gasteiger partial charge in [-0.2, -0.15) is 0 Å². The number of nitrogens with zero attached hydrogens (tertiary/aromatic N) is 1. The molecule has 6 heteroatoms. The van der Waals surface area contributed by atoms with Crippen LogP contribution in [0.3, 0.4) is 0 Å². The average molecular weight is 239 g/mol. The van der Waals surface area contributed by atoms with E-state index in [1.807, 2.05) is 0 Å². The van der Waals surface area contributed by atoms with Crippen LogP contribution in [0.1, 0.15) is 19.8 Å². The fourth-order valence-electron chi connectivity index (χ4n) is 1.05. The zero-order valence-electron chi connectivity index (χ0n) is 9.64. The Labute approximate surface area is 92.1 Å². The molecular formula is C9H21NO4S. The Balaban J connectivity index is 3.97. The average Bonchev–Trinajstić information content (AvgIpc) is 2.14. The van der Waals surface area contributed by atoms with Gasteiger partial charge in [0.25, 0.3) is 0 Å². The molecule has 0 aliphatic rings. The van der Waals surface area contributed by atoms with Gasteiger partial charge in [0.2, 0.25) is 10.0 Å². The highest BCUT2D eigenvalue weighted by molar-refractivity contribution is 7.89. The van der Waals surface area contributed by atoms with Crippen molar-refractivity contribution in [2.45, 2.75) is 25.9 Å². The highest BCUT2D eigenvalue weighted by Gasteiger charge is 2.17. The molecule has 92 valence electrons. The Hall–Kier alpha value is -0.170. The number of hydrogen-bond acceptors (Lipinski definition) is 4. The lowest BCUT2D eigenvalue weighted by Gasteiger charge is -2.17. The predicted octanol–water partition coefficient (Wildman–Crippen LogP) is 0.0554. The SMILES string of the molecule is COCCCS(=O)(=O)N(C)CCC(C)O. The lowest BCUT2D eigenvalue weighted by molar-refractivity contribution is 0.177. The number of ether oxygens (including phenoxy) is 1. The minimum atomic E-state index is -3.19. The van der Waals surface area contributed by atoms with Crippen LogP contribution in [0, 0.1) is 0 Å². The molecule has 1 unspecified atom stereocenters. The minimum absolute atomic E-state index is 0.0944. The molecule has 0 saturated heterocycles. The summed E-state index contributed by atoms with van der Waals surface area (Å²) in [4.78, 5) is 0. The predicted molar refractivity (Wildman–Crippen MR) is 59.2 cm³/mol. The van der Waals surface area contributed by atoms with E-state index in [-0.39, 0.29) is 5.75 Å². The maximum atomic E-state index is 11.6. The molecule has 5 nitrogen and oxygen atoms in total. The van der Waals surface area contributed by atoms with Crippen LogP contribution >= 0.6 is 0 Å². The first-order chi connectivity index (χ1) is 6.90. The molecule has 0 aliphatic carbocycles. The normalized spacial score (nSPS) is 14.5. The number of aliphatic hydroxyl groups is 1. The topological polar surface area (TPSA) is 66.8 Å². The first kappa shape index (κ1) is 14.8. The number of sulfonamides is 1. The van der Waals surface area contributed by atoms with Crippen molar-refractivity contribution in [2.75, 3.05) is 33.1 Å². The summed E-state index contributed by atoms with van der Waals surface area (Å²) in [7, 11) is -0.108. The Morgan fingerprint density at radius 3 is 2.53 bits per heavy atom. The van der Waals surface area contributed by atoms with Crippen molar-refractivity contribution in [1.29, 1.82) is 0 Å². The van der Waals surface area contributed by atoms with Crippen molar-refractivity contribution in [3.8, 4) is 0 Å². The van der Waals surface area contributed by atoms with Crippen LogP contribution in [0.15, 0.2) is 0 Å². The van der Waals surface area contributed by atoms with Gasteiger partial charge >= 0.3 is 0 Å². The Kier molecular flexibility index (Phi) is 7.08. The molecule has 1 atom stereocenters. The Bertz CT molecular complexity index is 251. The van der Waals surface area contributed by atoms with E-state index >= 15 is 0 Å². The standard InChI is InChI=1S/C9H21NO4S/c1-9(11)5-6-10(2)15(12,13)8-4-7-14-3/h9,11H,4-8H2,1-3H3. The third-order valence-electron chi connectivity index (χ3n) is 2.09. The van der Waals surface area contributed by atoms with E-state index in [1.54, 1.807) is 14.0 Å². The van der Waals surface area contributed by atoms with Crippen molar-refractivity contribution < 1.29 is 18.3 Å². The second kappa shape index (κ2) is 7.16. The maximum absolute atomic E-state index is 11.6. The molecule has 15 heavy (non-hydrogen) atoms. The molecule has 0 radical (unpaired) electrons. The third-order valence-corrected chi connectivity index (χ3v) is 4.02. The fraction of sp³-hybridized carbons (Fsp3) is 1.00. The van der Waals surface area contributed by atoms with Crippen LogP contribution < -0.4 is 0 Å². The van der Waals surface area contributed by atoms with Gasteiger partial charge in [0.1, 0.15) is 0 Å². The summed E-state index contributed by atoms with van der Waals surface area (Å²) in [5.41, 5.74) is 0. The smallest absolute Gasteiger partial charge is 0.213 e. The van der Waals surface area contributed by atoms with Gasteiger partial charge in [-0.25, -0.2) is 12.7 Å². The van der Waals surface area contributed by atoms with Crippen LogP contribution in [0.25, 0.3) is 0 Å². The highest BCUT2D eigenvalue weighted by Crippen LogP contribution is 2.03. The molecule has 0 fully saturated rings. The molecular weight excluding hydrogens is 218 g/mol. The van der Waals surface area contributed by atoms with Gasteiger partial charge in [-0.15, -0.1) is 0 Å². The first-order valence-corrected chi connectivity index (χ1v) is 6.62. The van der Waals surface area contributed by atoms with Crippen molar-refractivity contribution in [3.05, 3.63) is 0 Å². The summed E-state index contributed by atoms with van der Waals surface area (Å²) in [5.74, 6) is 0.0944. The van der Waals surface area contributed by atoms with Gasteiger partial charge in [-0.3, -0.25) is 0 Å². The fourth-order valence-corrected chi connectivity index (χ4v) is 2.23. The molecule has 0 rings (SSSR count). The third kappa shape index (κ3) is 6.83. The summed E-state index contributed by atoms with van der Waals surface area (Å²) in [6.45, 7) is 2.45. The number of hydrogen-bond donors (Lipinski definition) is 1. The highest BCUT2D eigenvalue weighted by atomic mass is 32.2. The molecule has 0 aromatic carbocycles. The number of rotatable bonds is 8. The van der Waals surface area contributed by atoms with E-state index < -0.39 is 16.1 Å². The second-order valence-corrected chi connectivity index (χ2v) is 5.82. The summed E-state index contributed by atoms with van der Waals surface area (Å²) in [6, 6.07) is 0. The molecule has 0 saturated carbocycles. The molecule has 0 heterocycles. The molecule has 0 aromatic rings. The van der Waals surface area contributed by atoms with Gasteiger partial charge < -0.3 is 9.84 Å². The van der Waals surface area contributed by atoms with E-state index in [4.69, 9.17) is 9.84 Å². The molecule has 0 bridgehead atoms. The number of methoxy groups -OCH3 is 1. The minimum Gasteiger partial charge on any atom is -0.393 e. The van der Waals surface area contributed by atoms with Crippen molar-refractivity contribution in [2.24, 2.45) is 0 Å². The van der Waals surface area contributed by atoms with Gasteiger partial charge in [-0.1, -0.05) is 0 Å². The van der Waals surface area contributed by atoms with Crippen LogP contribution in [0.2, 0.25) is 0 Å². The zero-order chi connectivity index (χ0) is 11.9. The van der Waals surface area contributed by atoms with Crippen molar-refractivity contribution in [1.82, 2.24) is 4.31 Å². The first-order valence-electron chi connectivity index (χ1n) is 5.01. The van der Waals surface area contributed by atoms with Gasteiger partial charge in [0, 0.05) is 27.3 Å². The Morgan fingerprint density at radius 2 is 2.07 bits per heavy atom. The molecule has 0 aromatic heterocycles. The molecule has 0 amide bonds. The Morgan fingerprint density at radius 1 is 1.47 bits per heavy atom. The van der Waals surface area contributed by atoms with E-state index in [0.29, 0.717) is 26.0 Å². The van der Waals surface area contributed by atoms with Crippen LogP contribution in [0.5, 0.6) is 0 Å². The lowest BCUT2D eigenvalue weighted by atomic mass is 10.3. The quantitative estimate of drug-likeness (QED) is 0.608. The summed E-state index contributed by atoms with van der Waals surface area (Å²) < 4.78 is 29.3.